The number of ether oxygens (including phenoxy) is 1. The van der Waals surface area contributed by atoms with E-state index >= 15 is 0 Å². The summed E-state index contributed by atoms with van der Waals surface area (Å²) in [5.74, 6) is 1.42. The van der Waals surface area contributed by atoms with Crippen molar-refractivity contribution < 1.29 is 22.7 Å². The number of aromatic nitrogens is 3. The SMILES string of the molecule is Cc1cccc(N2CCS/C2=N\C(=O)NCC(C)c2ccc(-c3ncn(-c4ccc(OC(F)(F)F)cc4)n3)cc2)c1C(C)C. The number of rotatable bonds is 8. The van der Waals surface area contributed by atoms with Crippen molar-refractivity contribution in [2.45, 2.75) is 45.9 Å². The zero-order valence-electron chi connectivity index (χ0n) is 24.8. The van der Waals surface area contributed by atoms with Crippen LogP contribution < -0.4 is 15.0 Å². The smallest absolute Gasteiger partial charge is 0.406 e. The molecule has 2 heterocycles. The van der Waals surface area contributed by atoms with E-state index in [4.69, 9.17) is 0 Å². The second kappa shape index (κ2) is 13.1. The number of amidine groups is 1. The van der Waals surface area contributed by atoms with Gasteiger partial charge in [-0.1, -0.05) is 68.9 Å². The molecule has 2 amide bonds. The van der Waals surface area contributed by atoms with Crippen LogP contribution in [0.5, 0.6) is 5.75 Å². The minimum atomic E-state index is -4.75. The molecule has 1 fully saturated rings. The Morgan fingerprint density at radius 1 is 1.07 bits per heavy atom. The molecule has 4 aromatic rings. The van der Waals surface area contributed by atoms with Gasteiger partial charge in [-0.05, 0) is 65.8 Å². The van der Waals surface area contributed by atoms with Gasteiger partial charge in [0.2, 0.25) is 0 Å². The Labute approximate surface area is 258 Å². The Morgan fingerprint density at radius 3 is 2.48 bits per heavy atom. The molecule has 0 aliphatic carbocycles. The normalized spacial score (nSPS) is 15.2. The molecule has 230 valence electrons. The van der Waals surface area contributed by atoms with E-state index in [1.165, 1.54) is 46.4 Å². The molecule has 0 bridgehead atoms. The average molecular weight is 623 g/mol. The molecule has 1 unspecified atom stereocenters. The van der Waals surface area contributed by atoms with E-state index in [2.05, 4.69) is 62.9 Å². The number of amides is 2. The van der Waals surface area contributed by atoms with Crippen LogP contribution in [0.2, 0.25) is 0 Å². The predicted octanol–water partition coefficient (Wildman–Crippen LogP) is 7.69. The van der Waals surface area contributed by atoms with Crippen LogP contribution in [-0.4, -0.2) is 51.2 Å². The van der Waals surface area contributed by atoms with Gasteiger partial charge < -0.3 is 15.0 Å². The molecule has 8 nitrogen and oxygen atoms in total. The number of urea groups is 1. The van der Waals surface area contributed by atoms with Gasteiger partial charge >= 0.3 is 12.4 Å². The lowest BCUT2D eigenvalue weighted by atomic mass is 9.95. The van der Waals surface area contributed by atoms with Gasteiger partial charge in [0.05, 0.1) is 5.69 Å². The highest BCUT2D eigenvalue weighted by Crippen LogP contribution is 2.34. The molecular weight excluding hydrogens is 589 g/mol. The van der Waals surface area contributed by atoms with Gasteiger partial charge in [0.15, 0.2) is 11.0 Å². The largest absolute Gasteiger partial charge is 0.573 e. The number of thioether (sulfide) groups is 1. The van der Waals surface area contributed by atoms with Crippen molar-refractivity contribution in [3.63, 3.8) is 0 Å². The number of anilines is 1. The van der Waals surface area contributed by atoms with Crippen molar-refractivity contribution in [2.75, 3.05) is 23.7 Å². The molecule has 1 aromatic heterocycles. The molecule has 1 aliphatic heterocycles. The van der Waals surface area contributed by atoms with Crippen LogP contribution in [0.3, 0.4) is 0 Å². The number of benzene rings is 3. The van der Waals surface area contributed by atoms with Crippen molar-refractivity contribution >= 4 is 28.6 Å². The molecule has 0 radical (unpaired) electrons. The summed E-state index contributed by atoms with van der Waals surface area (Å²) in [5, 5.41) is 8.11. The van der Waals surface area contributed by atoms with E-state index < -0.39 is 6.36 Å². The average Bonchev–Trinajstić information content (AvgIpc) is 3.66. The second-order valence-corrected chi connectivity index (χ2v) is 11.9. The Kier molecular flexibility index (Phi) is 9.28. The molecule has 44 heavy (non-hydrogen) atoms. The third-order valence-electron chi connectivity index (χ3n) is 7.27. The standard InChI is InChI=1S/C32H33F3N6O2S/c1-20(2)28-21(3)6-5-7-27(28)40-16-17-44-31(40)38-30(42)36-18-22(4)23-8-10-24(11-9-23)29-37-19-41(39-29)25-12-14-26(15-13-25)43-32(33,34)35/h5-15,19-20,22H,16-18H2,1-4H3,(H,36,42)/b38-31-. The lowest BCUT2D eigenvalue weighted by molar-refractivity contribution is -0.274. The van der Waals surface area contributed by atoms with E-state index in [0.29, 0.717) is 29.1 Å². The van der Waals surface area contributed by atoms with Crippen LogP contribution >= 0.6 is 11.8 Å². The Hall–Kier alpha value is -4.32. The van der Waals surface area contributed by atoms with Crippen molar-refractivity contribution in [2.24, 2.45) is 4.99 Å². The quantitative estimate of drug-likeness (QED) is 0.217. The maximum Gasteiger partial charge on any atom is 0.573 e. The lowest BCUT2D eigenvalue weighted by Gasteiger charge is -2.24. The Bertz CT molecular complexity index is 1640. The number of aryl methyl sites for hydroxylation is 1. The Morgan fingerprint density at radius 2 is 1.80 bits per heavy atom. The van der Waals surface area contributed by atoms with Crippen LogP contribution in [0, 0.1) is 6.92 Å². The molecule has 1 atom stereocenters. The highest BCUT2D eigenvalue weighted by Gasteiger charge is 2.31. The molecule has 1 saturated heterocycles. The fraction of sp³-hybridized carbons (Fsp3) is 0.312. The van der Waals surface area contributed by atoms with Crippen molar-refractivity contribution in [1.29, 1.82) is 0 Å². The van der Waals surface area contributed by atoms with E-state index in [1.54, 1.807) is 11.8 Å². The first-order valence-corrected chi connectivity index (χ1v) is 15.2. The zero-order chi connectivity index (χ0) is 31.4. The van der Waals surface area contributed by atoms with Crippen LogP contribution in [0.15, 0.2) is 78.0 Å². The number of carbonyl (C=O) groups excluding carboxylic acids is 1. The molecular formula is C32H33F3N6O2S. The summed E-state index contributed by atoms with van der Waals surface area (Å²) in [4.78, 5) is 23.7. The summed E-state index contributed by atoms with van der Waals surface area (Å²) in [6.45, 7) is 9.73. The maximum absolute atomic E-state index is 12.8. The number of nitrogens with one attached hydrogen (secondary N) is 1. The minimum Gasteiger partial charge on any atom is -0.406 e. The van der Waals surface area contributed by atoms with E-state index in [1.807, 2.05) is 37.3 Å². The molecule has 3 aromatic carbocycles. The first kappa shape index (κ1) is 31.1. The topological polar surface area (TPSA) is 84.6 Å². The van der Waals surface area contributed by atoms with Crippen LogP contribution in [0.4, 0.5) is 23.7 Å². The highest BCUT2D eigenvalue weighted by atomic mass is 32.2. The molecule has 0 saturated carbocycles. The monoisotopic (exact) mass is 622 g/mol. The van der Waals surface area contributed by atoms with Crippen LogP contribution in [0.25, 0.3) is 17.1 Å². The number of hydrogen-bond acceptors (Lipinski definition) is 5. The number of hydrogen-bond donors (Lipinski definition) is 1. The number of aliphatic imine (C=N–C) groups is 1. The van der Waals surface area contributed by atoms with Crippen molar-refractivity contribution in [3.8, 4) is 22.8 Å². The highest BCUT2D eigenvalue weighted by molar-refractivity contribution is 8.14. The number of halogens is 3. The maximum atomic E-state index is 12.8. The third kappa shape index (κ3) is 7.42. The van der Waals surface area contributed by atoms with E-state index in [0.717, 1.165) is 29.1 Å². The summed E-state index contributed by atoms with van der Waals surface area (Å²) < 4.78 is 42.7. The van der Waals surface area contributed by atoms with Gasteiger partial charge in [-0.2, -0.15) is 4.99 Å². The predicted molar refractivity (Wildman–Crippen MR) is 168 cm³/mol. The van der Waals surface area contributed by atoms with Gasteiger partial charge in [-0.3, -0.25) is 0 Å². The van der Waals surface area contributed by atoms with E-state index in [9.17, 15) is 18.0 Å². The molecule has 12 heteroatoms. The number of nitrogens with zero attached hydrogens (tertiary/aromatic N) is 5. The van der Waals surface area contributed by atoms with Gasteiger partial charge in [0.25, 0.3) is 0 Å². The van der Waals surface area contributed by atoms with Gasteiger partial charge in [0.1, 0.15) is 12.1 Å². The molecule has 5 rings (SSSR count). The third-order valence-corrected chi connectivity index (χ3v) is 8.22. The number of alkyl halides is 3. The fourth-order valence-electron chi connectivity index (χ4n) is 5.14. The molecule has 0 spiro atoms. The fourth-order valence-corrected chi connectivity index (χ4v) is 6.08. The Balaban J connectivity index is 1.19. The van der Waals surface area contributed by atoms with Crippen molar-refractivity contribution in [3.05, 3.63) is 89.7 Å². The van der Waals surface area contributed by atoms with E-state index in [-0.39, 0.29) is 17.7 Å². The molecule has 1 N–H and O–H groups in total. The molecule has 1 aliphatic rings. The second-order valence-electron chi connectivity index (χ2n) is 10.8. The summed E-state index contributed by atoms with van der Waals surface area (Å²) >= 11 is 1.59. The van der Waals surface area contributed by atoms with Crippen LogP contribution in [-0.2, 0) is 0 Å². The lowest BCUT2D eigenvalue weighted by Crippen LogP contribution is -2.30. The summed E-state index contributed by atoms with van der Waals surface area (Å²) in [6.07, 6.45) is -3.25. The van der Waals surface area contributed by atoms with Crippen LogP contribution in [0.1, 0.15) is 49.3 Å². The van der Waals surface area contributed by atoms with Gasteiger partial charge in [-0.25, -0.2) is 14.5 Å². The number of carbonyl (C=O) groups is 1. The summed E-state index contributed by atoms with van der Waals surface area (Å²) in [5.41, 5.74) is 5.96. The summed E-state index contributed by atoms with van der Waals surface area (Å²) in [6, 6.07) is 19.0. The first-order valence-electron chi connectivity index (χ1n) is 14.2. The van der Waals surface area contributed by atoms with Crippen molar-refractivity contribution in [1.82, 2.24) is 20.1 Å². The van der Waals surface area contributed by atoms with Gasteiger partial charge in [0, 0.05) is 30.1 Å². The summed E-state index contributed by atoms with van der Waals surface area (Å²) in [7, 11) is 0. The minimum absolute atomic E-state index is 0.0350. The first-order chi connectivity index (χ1) is 21.0. The zero-order valence-corrected chi connectivity index (χ0v) is 25.6. The van der Waals surface area contributed by atoms with Gasteiger partial charge in [-0.15, -0.1) is 18.3 Å².